The van der Waals surface area contributed by atoms with Crippen molar-refractivity contribution in [3.05, 3.63) is 35.6 Å². The Morgan fingerprint density at radius 2 is 1.94 bits per heavy atom. The molecule has 100 valence electrons. The monoisotopic (exact) mass is 315 g/mol. The first kappa shape index (κ1) is 15.2. The van der Waals surface area contributed by atoms with Crippen LogP contribution in [0.5, 0.6) is 0 Å². The second-order valence-corrected chi connectivity index (χ2v) is 5.17. The highest BCUT2D eigenvalue weighted by Crippen LogP contribution is 2.20. The van der Waals surface area contributed by atoms with Gasteiger partial charge in [0.05, 0.1) is 6.04 Å². The molecule has 1 aromatic carbocycles. The quantitative estimate of drug-likeness (QED) is 0.575. The van der Waals surface area contributed by atoms with Crippen molar-refractivity contribution in [3.8, 4) is 0 Å². The van der Waals surface area contributed by atoms with Gasteiger partial charge >= 0.3 is 0 Å². The lowest BCUT2D eigenvalue weighted by Gasteiger charge is -2.25. The molecule has 0 aliphatic heterocycles. The molecule has 0 radical (unpaired) electrons. The molecular weight excluding hydrogens is 297 g/mol. The zero-order valence-electron chi connectivity index (χ0n) is 10.8. The summed E-state index contributed by atoms with van der Waals surface area (Å²) in [4.78, 5) is 13.7. The normalized spacial score (nSPS) is 12.2. The van der Waals surface area contributed by atoms with E-state index in [-0.39, 0.29) is 17.8 Å². The van der Waals surface area contributed by atoms with E-state index in [4.69, 9.17) is 0 Å². The number of benzene rings is 1. The highest BCUT2D eigenvalue weighted by Gasteiger charge is 2.16. The Morgan fingerprint density at radius 1 is 1.33 bits per heavy atom. The van der Waals surface area contributed by atoms with E-state index < -0.39 is 0 Å². The number of amides is 1. The van der Waals surface area contributed by atoms with Crippen LogP contribution in [0.15, 0.2) is 24.3 Å². The van der Waals surface area contributed by atoms with Crippen LogP contribution in [0.2, 0.25) is 0 Å². The van der Waals surface area contributed by atoms with Crippen LogP contribution in [0.3, 0.4) is 0 Å². The van der Waals surface area contributed by atoms with E-state index in [1.807, 2.05) is 6.92 Å². The Balaban J connectivity index is 2.57. The lowest BCUT2D eigenvalue weighted by atomic mass is 10.1. The summed E-state index contributed by atoms with van der Waals surface area (Å²) >= 11 is 3.35. The molecule has 0 saturated heterocycles. The summed E-state index contributed by atoms with van der Waals surface area (Å²) in [7, 11) is 1.80. The van der Waals surface area contributed by atoms with Crippen LogP contribution in [0.1, 0.15) is 37.8 Å². The fraction of sp³-hybridized carbons (Fsp3) is 0.500. The fourth-order valence-corrected chi connectivity index (χ4v) is 2.12. The van der Waals surface area contributed by atoms with Crippen molar-refractivity contribution < 1.29 is 9.18 Å². The molecule has 1 unspecified atom stereocenters. The fourth-order valence-electron chi connectivity index (χ4n) is 1.73. The minimum atomic E-state index is -0.253. The molecule has 0 aromatic heterocycles. The molecule has 4 heteroatoms. The molecule has 2 nitrogen and oxygen atoms in total. The SMILES string of the molecule is CC(c1ccc(F)cc1)N(C)C(=O)CCCCBr. The molecular formula is C14H19BrFNO. The van der Waals surface area contributed by atoms with Gasteiger partial charge in [0.1, 0.15) is 5.82 Å². The molecule has 1 rings (SSSR count). The summed E-state index contributed by atoms with van der Waals surface area (Å²) < 4.78 is 12.8. The standard InChI is InChI=1S/C14H19BrFNO/c1-11(12-6-8-13(16)9-7-12)17(2)14(18)5-3-4-10-15/h6-9,11H,3-5,10H2,1-2H3. The number of carbonyl (C=O) groups excluding carboxylic acids is 1. The first-order chi connectivity index (χ1) is 8.56. The summed E-state index contributed by atoms with van der Waals surface area (Å²) in [5, 5.41) is 0.928. The average molecular weight is 316 g/mol. The van der Waals surface area contributed by atoms with Crippen molar-refractivity contribution >= 4 is 21.8 Å². The molecule has 0 fully saturated rings. The third-order valence-electron chi connectivity index (χ3n) is 3.10. The zero-order chi connectivity index (χ0) is 13.5. The minimum absolute atomic E-state index is 0.0259. The van der Waals surface area contributed by atoms with Crippen molar-refractivity contribution in [3.63, 3.8) is 0 Å². The maximum absolute atomic E-state index is 12.8. The molecule has 1 atom stereocenters. The van der Waals surface area contributed by atoms with E-state index in [1.54, 1.807) is 24.1 Å². The number of rotatable bonds is 6. The summed E-state index contributed by atoms with van der Waals surface area (Å²) in [6.45, 7) is 1.95. The summed E-state index contributed by atoms with van der Waals surface area (Å²) in [5.41, 5.74) is 0.952. The lowest BCUT2D eigenvalue weighted by Crippen LogP contribution is -2.29. The van der Waals surface area contributed by atoms with Crippen LogP contribution in [0.4, 0.5) is 4.39 Å². The maximum atomic E-state index is 12.8. The van der Waals surface area contributed by atoms with Crippen LogP contribution in [-0.4, -0.2) is 23.2 Å². The molecule has 0 aliphatic carbocycles. The molecule has 0 heterocycles. The topological polar surface area (TPSA) is 20.3 Å². The van der Waals surface area contributed by atoms with Crippen molar-refractivity contribution in [1.82, 2.24) is 4.90 Å². The van der Waals surface area contributed by atoms with Crippen molar-refractivity contribution in [2.45, 2.75) is 32.2 Å². The van der Waals surface area contributed by atoms with E-state index in [1.165, 1.54) is 12.1 Å². The van der Waals surface area contributed by atoms with Gasteiger partial charge in [0.25, 0.3) is 0 Å². The molecule has 0 spiro atoms. The predicted molar refractivity (Wildman–Crippen MR) is 75.2 cm³/mol. The number of nitrogens with zero attached hydrogens (tertiary/aromatic N) is 1. The van der Waals surface area contributed by atoms with Gasteiger partial charge in [-0.3, -0.25) is 4.79 Å². The molecule has 0 N–H and O–H groups in total. The second kappa shape index (κ2) is 7.52. The van der Waals surface area contributed by atoms with Gasteiger partial charge in [-0.25, -0.2) is 4.39 Å². The summed E-state index contributed by atoms with van der Waals surface area (Å²) in [6, 6.07) is 6.27. The Morgan fingerprint density at radius 3 is 2.50 bits per heavy atom. The third kappa shape index (κ3) is 4.41. The average Bonchev–Trinajstić information content (AvgIpc) is 2.38. The maximum Gasteiger partial charge on any atom is 0.222 e. The number of hydrogen-bond acceptors (Lipinski definition) is 1. The van der Waals surface area contributed by atoms with Gasteiger partial charge in [-0.1, -0.05) is 28.1 Å². The Hall–Kier alpha value is -0.900. The molecule has 0 aliphatic rings. The zero-order valence-corrected chi connectivity index (χ0v) is 12.4. The molecule has 18 heavy (non-hydrogen) atoms. The smallest absolute Gasteiger partial charge is 0.222 e. The summed E-state index contributed by atoms with van der Waals surface area (Å²) in [6.07, 6.45) is 2.46. The van der Waals surface area contributed by atoms with Crippen LogP contribution in [0.25, 0.3) is 0 Å². The van der Waals surface area contributed by atoms with Crippen LogP contribution >= 0.6 is 15.9 Å². The van der Waals surface area contributed by atoms with Crippen LogP contribution in [-0.2, 0) is 4.79 Å². The molecule has 0 saturated carbocycles. The van der Waals surface area contributed by atoms with Gasteiger partial charge in [-0.15, -0.1) is 0 Å². The van der Waals surface area contributed by atoms with Crippen molar-refractivity contribution in [2.24, 2.45) is 0 Å². The van der Waals surface area contributed by atoms with E-state index in [2.05, 4.69) is 15.9 Å². The van der Waals surface area contributed by atoms with Gasteiger partial charge in [0.2, 0.25) is 5.91 Å². The highest BCUT2D eigenvalue weighted by molar-refractivity contribution is 9.09. The number of halogens is 2. The Labute approximate surface area is 116 Å². The predicted octanol–water partition coefficient (Wildman–Crippen LogP) is 3.91. The molecule has 0 bridgehead atoms. The number of carbonyl (C=O) groups is 1. The second-order valence-electron chi connectivity index (χ2n) is 4.38. The van der Waals surface area contributed by atoms with Gasteiger partial charge in [0.15, 0.2) is 0 Å². The number of unbranched alkanes of at least 4 members (excludes halogenated alkanes) is 1. The first-order valence-electron chi connectivity index (χ1n) is 6.13. The van der Waals surface area contributed by atoms with E-state index in [9.17, 15) is 9.18 Å². The first-order valence-corrected chi connectivity index (χ1v) is 7.25. The van der Waals surface area contributed by atoms with Crippen molar-refractivity contribution in [2.75, 3.05) is 12.4 Å². The van der Waals surface area contributed by atoms with Gasteiger partial charge in [-0.05, 0) is 37.5 Å². The van der Waals surface area contributed by atoms with Crippen LogP contribution < -0.4 is 0 Å². The Bertz CT molecular complexity index is 380. The number of hydrogen-bond donors (Lipinski definition) is 0. The lowest BCUT2D eigenvalue weighted by molar-refractivity contribution is -0.131. The molecule has 1 amide bonds. The van der Waals surface area contributed by atoms with E-state index in [0.29, 0.717) is 6.42 Å². The largest absolute Gasteiger partial charge is 0.339 e. The van der Waals surface area contributed by atoms with Gasteiger partial charge < -0.3 is 4.90 Å². The van der Waals surface area contributed by atoms with Crippen molar-refractivity contribution in [1.29, 1.82) is 0 Å². The third-order valence-corrected chi connectivity index (χ3v) is 3.66. The minimum Gasteiger partial charge on any atom is -0.339 e. The summed E-state index contributed by atoms with van der Waals surface area (Å²) in [5.74, 6) is -0.120. The van der Waals surface area contributed by atoms with Gasteiger partial charge in [0, 0.05) is 18.8 Å². The van der Waals surface area contributed by atoms with E-state index >= 15 is 0 Å². The van der Waals surface area contributed by atoms with Crippen LogP contribution in [0, 0.1) is 5.82 Å². The Kier molecular flexibility index (Phi) is 6.33. The molecule has 1 aromatic rings. The number of alkyl halides is 1. The van der Waals surface area contributed by atoms with Gasteiger partial charge in [-0.2, -0.15) is 0 Å². The highest BCUT2D eigenvalue weighted by atomic mass is 79.9. The van der Waals surface area contributed by atoms with E-state index in [0.717, 1.165) is 23.7 Å².